The summed E-state index contributed by atoms with van der Waals surface area (Å²) in [5, 5.41) is 13.4. The van der Waals surface area contributed by atoms with Gasteiger partial charge in [-0.05, 0) is 44.2 Å². The zero-order valence-corrected chi connectivity index (χ0v) is 13.5. The molecule has 5 heteroatoms. The minimum Gasteiger partial charge on any atom is -0.488 e. The molecular weight excluding hydrogens is 302 g/mol. The van der Waals surface area contributed by atoms with Gasteiger partial charge in [0.05, 0.1) is 11.8 Å². The van der Waals surface area contributed by atoms with Crippen LogP contribution in [0.4, 0.5) is 11.5 Å². The number of ether oxygens (including phenoxy) is 1. The molecule has 0 atom stereocenters. The van der Waals surface area contributed by atoms with Gasteiger partial charge in [-0.2, -0.15) is 5.26 Å². The summed E-state index contributed by atoms with van der Waals surface area (Å²) in [7, 11) is 0. The van der Waals surface area contributed by atoms with E-state index in [9.17, 15) is 5.26 Å². The summed E-state index contributed by atoms with van der Waals surface area (Å²) in [6.45, 7) is 4.43. The Kier molecular flexibility index (Phi) is 4.48. The number of aromatic nitrogens is 1. The number of pyridine rings is 1. The number of rotatable bonds is 5. The number of furan rings is 1. The van der Waals surface area contributed by atoms with Crippen molar-refractivity contribution in [3.8, 4) is 11.8 Å². The molecule has 0 aliphatic rings. The second-order valence-corrected chi connectivity index (χ2v) is 5.54. The summed E-state index contributed by atoms with van der Waals surface area (Å²) in [6, 6.07) is 11.2. The van der Waals surface area contributed by atoms with Gasteiger partial charge in [0.2, 0.25) is 0 Å². The second-order valence-electron chi connectivity index (χ2n) is 5.54. The molecule has 0 fully saturated rings. The molecule has 0 saturated heterocycles. The molecule has 0 aliphatic carbocycles. The first-order valence-corrected chi connectivity index (χ1v) is 7.57. The highest BCUT2D eigenvalue weighted by Gasteiger charge is 2.09. The maximum absolute atomic E-state index is 9.23. The number of nitrogens with one attached hydrogen (secondary N) is 1. The number of hydrogen-bond acceptors (Lipinski definition) is 5. The molecule has 2 heterocycles. The molecule has 0 aliphatic heterocycles. The predicted octanol–water partition coefficient (Wildman–Crippen LogP) is 4.79. The number of fused-ring (bicyclic) bond motifs is 1. The lowest BCUT2D eigenvalue weighted by Crippen LogP contribution is -1.99. The molecule has 0 unspecified atom stereocenters. The van der Waals surface area contributed by atoms with Crippen LogP contribution in [-0.2, 0) is 0 Å². The molecule has 3 rings (SSSR count). The maximum atomic E-state index is 9.23. The lowest BCUT2D eigenvalue weighted by atomic mass is 10.2. The number of anilines is 2. The van der Waals surface area contributed by atoms with Gasteiger partial charge >= 0.3 is 0 Å². The zero-order chi connectivity index (χ0) is 16.9. The molecule has 120 valence electrons. The lowest BCUT2D eigenvalue weighted by Gasteiger charge is -2.10. The van der Waals surface area contributed by atoms with Gasteiger partial charge in [-0.3, -0.25) is 0 Å². The summed E-state index contributed by atoms with van der Waals surface area (Å²) >= 11 is 0. The fourth-order valence-electron chi connectivity index (χ4n) is 2.23. The Hall–Kier alpha value is -3.26. The monoisotopic (exact) mass is 319 g/mol. The van der Waals surface area contributed by atoms with Crippen molar-refractivity contribution in [2.75, 3.05) is 11.9 Å². The maximum Gasteiger partial charge on any atom is 0.176 e. The van der Waals surface area contributed by atoms with Gasteiger partial charge in [-0.1, -0.05) is 5.57 Å². The molecule has 0 bridgehead atoms. The molecule has 0 saturated carbocycles. The van der Waals surface area contributed by atoms with Crippen molar-refractivity contribution in [3.05, 3.63) is 60.0 Å². The van der Waals surface area contributed by atoms with Gasteiger partial charge in [0.15, 0.2) is 11.4 Å². The SMILES string of the molecule is CC(C)=CCOc1cc(Nc2nccc3ccoc23)ccc1C#N. The van der Waals surface area contributed by atoms with Gasteiger partial charge in [0.1, 0.15) is 18.4 Å². The highest BCUT2D eigenvalue weighted by molar-refractivity contribution is 5.88. The van der Waals surface area contributed by atoms with Gasteiger partial charge in [0, 0.05) is 23.3 Å². The van der Waals surface area contributed by atoms with Gasteiger partial charge < -0.3 is 14.5 Å². The summed E-state index contributed by atoms with van der Waals surface area (Å²) < 4.78 is 11.2. The minimum absolute atomic E-state index is 0.423. The highest BCUT2D eigenvalue weighted by atomic mass is 16.5. The van der Waals surface area contributed by atoms with Crippen molar-refractivity contribution >= 4 is 22.5 Å². The van der Waals surface area contributed by atoms with E-state index in [2.05, 4.69) is 16.4 Å². The Balaban J connectivity index is 1.87. The van der Waals surface area contributed by atoms with Crippen LogP contribution in [0.5, 0.6) is 5.75 Å². The number of hydrogen-bond donors (Lipinski definition) is 1. The van der Waals surface area contributed by atoms with Gasteiger partial charge in [-0.25, -0.2) is 4.98 Å². The van der Waals surface area contributed by atoms with E-state index in [1.165, 1.54) is 0 Å². The Bertz CT molecular complexity index is 931. The molecule has 0 spiro atoms. The van der Waals surface area contributed by atoms with E-state index in [-0.39, 0.29) is 0 Å². The van der Waals surface area contributed by atoms with Crippen molar-refractivity contribution in [3.63, 3.8) is 0 Å². The summed E-state index contributed by atoms with van der Waals surface area (Å²) in [5.74, 6) is 1.16. The lowest BCUT2D eigenvalue weighted by molar-refractivity contribution is 0.361. The van der Waals surface area contributed by atoms with E-state index in [4.69, 9.17) is 9.15 Å². The van der Waals surface area contributed by atoms with Gasteiger partial charge in [-0.15, -0.1) is 0 Å². The Morgan fingerprint density at radius 1 is 1.33 bits per heavy atom. The molecular formula is C19H17N3O2. The summed E-state index contributed by atoms with van der Waals surface area (Å²) in [6.07, 6.45) is 5.31. The van der Waals surface area contributed by atoms with Crippen molar-refractivity contribution in [2.24, 2.45) is 0 Å². The van der Waals surface area contributed by atoms with Gasteiger partial charge in [0.25, 0.3) is 0 Å². The van der Waals surface area contributed by atoms with Crippen LogP contribution in [0.15, 0.2) is 58.9 Å². The molecule has 0 radical (unpaired) electrons. The predicted molar refractivity (Wildman–Crippen MR) is 93.4 cm³/mol. The minimum atomic E-state index is 0.423. The average molecular weight is 319 g/mol. The third-order valence-electron chi connectivity index (χ3n) is 3.46. The fraction of sp³-hybridized carbons (Fsp3) is 0.158. The smallest absolute Gasteiger partial charge is 0.176 e. The van der Waals surface area contributed by atoms with Crippen molar-refractivity contribution in [1.82, 2.24) is 4.98 Å². The van der Waals surface area contributed by atoms with E-state index in [1.54, 1.807) is 24.6 Å². The van der Waals surface area contributed by atoms with E-state index >= 15 is 0 Å². The fourth-order valence-corrected chi connectivity index (χ4v) is 2.23. The van der Waals surface area contributed by atoms with E-state index < -0.39 is 0 Å². The Morgan fingerprint density at radius 3 is 3.00 bits per heavy atom. The standard InChI is InChI=1S/C19H17N3O2/c1-13(2)6-9-23-17-11-16(4-3-15(17)12-20)22-19-18-14(5-8-21-19)7-10-24-18/h3-8,10-11H,9H2,1-2H3,(H,21,22). The quantitative estimate of drug-likeness (QED) is 0.685. The Morgan fingerprint density at radius 2 is 2.21 bits per heavy atom. The van der Waals surface area contributed by atoms with Crippen LogP contribution < -0.4 is 10.1 Å². The molecule has 24 heavy (non-hydrogen) atoms. The number of nitrogens with zero attached hydrogens (tertiary/aromatic N) is 2. The summed E-state index contributed by atoms with van der Waals surface area (Å²) in [4.78, 5) is 4.31. The zero-order valence-electron chi connectivity index (χ0n) is 13.5. The first-order valence-electron chi connectivity index (χ1n) is 7.57. The van der Waals surface area contributed by atoms with Crippen LogP contribution in [0, 0.1) is 11.3 Å². The van der Waals surface area contributed by atoms with E-state index in [1.807, 2.05) is 38.1 Å². The summed E-state index contributed by atoms with van der Waals surface area (Å²) in [5.41, 5.74) is 3.12. The molecule has 1 aromatic carbocycles. The van der Waals surface area contributed by atoms with E-state index in [0.717, 1.165) is 16.6 Å². The molecule has 5 nitrogen and oxygen atoms in total. The first-order chi connectivity index (χ1) is 11.7. The molecule has 0 amide bonds. The number of nitriles is 1. The van der Waals surface area contributed by atoms with Crippen molar-refractivity contribution in [2.45, 2.75) is 13.8 Å². The molecule has 2 aromatic heterocycles. The average Bonchev–Trinajstić information content (AvgIpc) is 3.04. The van der Waals surface area contributed by atoms with Crippen molar-refractivity contribution < 1.29 is 9.15 Å². The third-order valence-corrected chi connectivity index (χ3v) is 3.46. The van der Waals surface area contributed by atoms with Crippen LogP contribution in [0.2, 0.25) is 0 Å². The number of benzene rings is 1. The molecule has 1 N–H and O–H groups in total. The van der Waals surface area contributed by atoms with Crippen LogP contribution in [0.25, 0.3) is 11.0 Å². The highest BCUT2D eigenvalue weighted by Crippen LogP contribution is 2.28. The second kappa shape index (κ2) is 6.88. The number of allylic oxidation sites excluding steroid dienone is 1. The van der Waals surface area contributed by atoms with Crippen LogP contribution in [-0.4, -0.2) is 11.6 Å². The first kappa shape index (κ1) is 15.6. The normalized spacial score (nSPS) is 10.2. The Labute approximate surface area is 140 Å². The van der Waals surface area contributed by atoms with E-state index in [0.29, 0.717) is 29.3 Å². The van der Waals surface area contributed by atoms with Crippen molar-refractivity contribution in [1.29, 1.82) is 5.26 Å². The third kappa shape index (κ3) is 3.39. The van der Waals surface area contributed by atoms with Crippen LogP contribution in [0.3, 0.4) is 0 Å². The molecule has 3 aromatic rings. The van der Waals surface area contributed by atoms with Crippen LogP contribution in [0.1, 0.15) is 19.4 Å². The van der Waals surface area contributed by atoms with Crippen LogP contribution >= 0.6 is 0 Å². The largest absolute Gasteiger partial charge is 0.488 e. The topological polar surface area (TPSA) is 71.1 Å².